The van der Waals surface area contributed by atoms with Crippen LogP contribution in [-0.2, 0) is 5.54 Å². The molecule has 1 heterocycles. The van der Waals surface area contributed by atoms with E-state index in [2.05, 4.69) is 10.1 Å². The third-order valence-corrected chi connectivity index (χ3v) is 4.86. The average molecular weight is 342 g/mol. The third-order valence-electron chi connectivity index (χ3n) is 4.86. The fourth-order valence-corrected chi connectivity index (χ4v) is 3.47. The van der Waals surface area contributed by atoms with Crippen LogP contribution in [0.5, 0.6) is 0 Å². The van der Waals surface area contributed by atoms with Crippen LogP contribution in [0.1, 0.15) is 61.2 Å². The summed E-state index contributed by atoms with van der Waals surface area (Å²) < 4.78 is 32.9. The lowest BCUT2D eigenvalue weighted by Gasteiger charge is -2.17. The third kappa shape index (κ3) is 2.74. The molecule has 2 aliphatic rings. The number of hydrogen-bond donors (Lipinski definition) is 1. The summed E-state index contributed by atoms with van der Waals surface area (Å²) in [7, 11) is 0. The molecule has 2 aliphatic carbocycles. The van der Waals surface area contributed by atoms with Gasteiger partial charge in [0, 0.05) is 17.4 Å². The van der Waals surface area contributed by atoms with Crippen molar-refractivity contribution in [2.45, 2.75) is 49.5 Å². The van der Waals surface area contributed by atoms with Crippen molar-refractivity contribution in [3.63, 3.8) is 0 Å². The van der Waals surface area contributed by atoms with Gasteiger partial charge in [-0.25, -0.2) is 8.78 Å². The van der Waals surface area contributed by atoms with Crippen molar-refractivity contribution in [3.05, 3.63) is 47.1 Å². The Morgan fingerprint density at radius 1 is 1.13 bits per heavy atom. The second kappa shape index (κ2) is 5.83. The molecule has 4 nitrogen and oxygen atoms in total. The second-order valence-electron chi connectivity index (χ2n) is 6.40. The first-order chi connectivity index (χ1) is 10.6. The number of hydrogen-bond acceptors (Lipinski definition) is 4. The van der Waals surface area contributed by atoms with Crippen molar-refractivity contribution in [1.29, 1.82) is 0 Å². The maximum Gasteiger partial charge on any atom is 0.230 e. The number of aromatic nitrogens is 2. The first-order valence-corrected chi connectivity index (χ1v) is 7.65. The van der Waals surface area contributed by atoms with Crippen molar-refractivity contribution in [2.24, 2.45) is 5.73 Å². The smallest absolute Gasteiger partial charge is 0.230 e. The highest BCUT2D eigenvalue weighted by molar-refractivity contribution is 5.85. The highest BCUT2D eigenvalue weighted by Gasteiger charge is 2.47. The van der Waals surface area contributed by atoms with Crippen molar-refractivity contribution in [2.75, 3.05) is 0 Å². The zero-order valence-corrected chi connectivity index (χ0v) is 13.3. The van der Waals surface area contributed by atoms with Crippen molar-refractivity contribution in [1.82, 2.24) is 10.1 Å². The molecule has 2 aromatic rings. The Hall–Kier alpha value is -1.53. The predicted octanol–water partition coefficient (Wildman–Crippen LogP) is 3.77. The van der Waals surface area contributed by atoms with Gasteiger partial charge in [0.2, 0.25) is 5.89 Å². The Labute approximate surface area is 138 Å². The minimum atomic E-state index is -0.515. The van der Waals surface area contributed by atoms with Gasteiger partial charge < -0.3 is 10.3 Å². The van der Waals surface area contributed by atoms with E-state index in [0.29, 0.717) is 18.1 Å². The summed E-state index contributed by atoms with van der Waals surface area (Å²) in [5.41, 5.74) is 5.92. The van der Waals surface area contributed by atoms with Crippen LogP contribution in [0.4, 0.5) is 8.78 Å². The molecule has 1 aromatic carbocycles. The average Bonchev–Trinajstić information content (AvgIpc) is 2.91. The zero-order chi connectivity index (χ0) is 15.3. The quantitative estimate of drug-likeness (QED) is 0.923. The first-order valence-electron chi connectivity index (χ1n) is 7.65. The van der Waals surface area contributed by atoms with E-state index in [9.17, 15) is 8.78 Å². The minimum absolute atomic E-state index is 0. The number of nitrogens with two attached hydrogens (primary N) is 1. The van der Waals surface area contributed by atoms with Crippen LogP contribution < -0.4 is 5.73 Å². The van der Waals surface area contributed by atoms with E-state index in [0.717, 1.165) is 25.7 Å². The lowest BCUT2D eigenvalue weighted by atomic mass is 9.99. The molecule has 124 valence electrons. The van der Waals surface area contributed by atoms with E-state index in [-0.39, 0.29) is 29.8 Å². The zero-order valence-electron chi connectivity index (χ0n) is 12.5. The molecule has 4 rings (SSSR count). The molecule has 2 atom stereocenters. The second-order valence-corrected chi connectivity index (χ2v) is 6.40. The Morgan fingerprint density at radius 2 is 1.78 bits per heavy atom. The van der Waals surface area contributed by atoms with Crippen LogP contribution in [0.3, 0.4) is 0 Å². The summed E-state index contributed by atoms with van der Waals surface area (Å²) in [6.07, 6.45) is 4.45. The summed E-state index contributed by atoms with van der Waals surface area (Å²) in [5.74, 6) is -0.403. The Bertz CT molecular complexity index is 695. The molecular formula is C16H18ClF2N3O. The molecule has 2 unspecified atom stereocenters. The lowest BCUT2D eigenvalue weighted by Crippen LogP contribution is -2.34. The molecule has 0 radical (unpaired) electrons. The van der Waals surface area contributed by atoms with Gasteiger partial charge in [0.05, 0.1) is 5.54 Å². The van der Waals surface area contributed by atoms with E-state index in [4.69, 9.17) is 10.3 Å². The van der Waals surface area contributed by atoms with Gasteiger partial charge in [-0.05, 0) is 31.4 Å². The minimum Gasteiger partial charge on any atom is -0.339 e. The van der Waals surface area contributed by atoms with Crippen LogP contribution in [0.25, 0.3) is 0 Å². The Kier molecular flexibility index (Phi) is 4.14. The van der Waals surface area contributed by atoms with E-state index < -0.39 is 17.2 Å². The number of nitrogens with zero attached hydrogens (tertiary/aromatic N) is 2. The monoisotopic (exact) mass is 341 g/mol. The molecule has 2 saturated carbocycles. The van der Waals surface area contributed by atoms with Crippen LogP contribution in [0.15, 0.2) is 22.7 Å². The fraction of sp³-hybridized carbons (Fsp3) is 0.500. The predicted molar refractivity (Wildman–Crippen MR) is 82.3 cm³/mol. The molecule has 0 bridgehead atoms. The van der Waals surface area contributed by atoms with Crippen molar-refractivity contribution < 1.29 is 13.3 Å². The summed E-state index contributed by atoms with van der Waals surface area (Å²) >= 11 is 0. The number of benzene rings is 1. The maximum atomic E-state index is 13.8. The van der Waals surface area contributed by atoms with Gasteiger partial charge in [-0.2, -0.15) is 4.98 Å². The van der Waals surface area contributed by atoms with Crippen LogP contribution in [0.2, 0.25) is 0 Å². The van der Waals surface area contributed by atoms with E-state index >= 15 is 0 Å². The molecule has 0 amide bonds. The highest BCUT2D eigenvalue weighted by atomic mass is 35.5. The van der Waals surface area contributed by atoms with Crippen molar-refractivity contribution >= 4 is 12.4 Å². The van der Waals surface area contributed by atoms with E-state index in [1.807, 2.05) is 0 Å². The van der Waals surface area contributed by atoms with E-state index in [1.165, 1.54) is 18.2 Å². The molecule has 2 fully saturated rings. The van der Waals surface area contributed by atoms with Crippen LogP contribution in [0, 0.1) is 11.6 Å². The summed E-state index contributed by atoms with van der Waals surface area (Å²) in [6.45, 7) is 0. The molecule has 0 aliphatic heterocycles. The number of halogens is 3. The number of rotatable bonds is 3. The fourth-order valence-electron chi connectivity index (χ4n) is 3.47. The molecule has 2 N–H and O–H groups in total. The molecule has 0 spiro atoms. The highest BCUT2D eigenvalue weighted by Crippen LogP contribution is 2.55. The first kappa shape index (κ1) is 16.3. The van der Waals surface area contributed by atoms with Crippen LogP contribution in [-0.4, -0.2) is 10.1 Å². The van der Waals surface area contributed by atoms with Gasteiger partial charge >= 0.3 is 0 Å². The molecular weight excluding hydrogens is 324 g/mol. The van der Waals surface area contributed by atoms with Gasteiger partial charge in [0.25, 0.3) is 0 Å². The van der Waals surface area contributed by atoms with Crippen LogP contribution >= 0.6 is 12.4 Å². The lowest BCUT2D eigenvalue weighted by molar-refractivity contribution is 0.348. The van der Waals surface area contributed by atoms with Gasteiger partial charge in [-0.1, -0.05) is 24.1 Å². The molecule has 0 saturated heterocycles. The van der Waals surface area contributed by atoms with Crippen molar-refractivity contribution in [3.8, 4) is 0 Å². The van der Waals surface area contributed by atoms with Gasteiger partial charge in [0.1, 0.15) is 11.6 Å². The Morgan fingerprint density at radius 3 is 2.43 bits per heavy atom. The van der Waals surface area contributed by atoms with Gasteiger partial charge in [-0.3, -0.25) is 0 Å². The molecule has 1 aromatic heterocycles. The largest absolute Gasteiger partial charge is 0.339 e. The molecule has 7 heteroatoms. The summed E-state index contributed by atoms with van der Waals surface area (Å²) in [6, 6.07) is 3.93. The summed E-state index contributed by atoms with van der Waals surface area (Å²) in [5, 5.41) is 4.01. The van der Waals surface area contributed by atoms with E-state index in [1.54, 1.807) is 0 Å². The normalized spacial score (nSPS) is 25.2. The standard InChI is InChI=1S/C16H17F2N3O.ClH/c17-11-4-3-5-12(18)13(11)9-8-10(9)14-20-15(21-22-14)16(19)6-1-2-7-16;/h3-5,9-10H,1-2,6-8,19H2;1H. The van der Waals surface area contributed by atoms with Gasteiger partial charge in [-0.15, -0.1) is 12.4 Å². The Balaban J connectivity index is 0.00000156. The van der Waals surface area contributed by atoms with Gasteiger partial charge in [0.15, 0.2) is 5.82 Å². The molecule has 23 heavy (non-hydrogen) atoms. The maximum absolute atomic E-state index is 13.8. The topological polar surface area (TPSA) is 64.9 Å². The summed E-state index contributed by atoms with van der Waals surface area (Å²) in [4.78, 5) is 4.41. The SMILES string of the molecule is Cl.NC1(c2noc(C3CC3c3c(F)cccc3F)n2)CCCC1.